The average molecular weight is 489 g/mol. The zero-order valence-corrected chi connectivity index (χ0v) is 14.3. The second-order valence-electron chi connectivity index (χ2n) is 6.72. The van der Waals surface area contributed by atoms with Gasteiger partial charge in [-0.05, 0) is 17.7 Å². The molecule has 0 aromatic heterocycles. The van der Waals surface area contributed by atoms with Crippen LogP contribution in [0.4, 0.5) is 57.1 Å². The maximum absolute atomic E-state index is 14.1. The quantitative estimate of drug-likeness (QED) is 0.468. The third-order valence-corrected chi connectivity index (χ3v) is 5.12. The topological polar surface area (TPSA) is 57.2 Å². The number of halogens is 13. The highest BCUT2D eigenvalue weighted by molar-refractivity contribution is 6.35. The molecule has 1 fully saturated rings. The molecule has 0 atom stereocenters. The Kier molecular flexibility index (Phi) is 4.43. The molecule has 0 amide bonds. The second kappa shape index (κ2) is 5.95. The Morgan fingerprint density at radius 3 is 1.50 bits per heavy atom. The fraction of sp³-hybridized carbons (Fsp3) is 0.375. The Labute approximate surface area is 166 Å². The zero-order valence-electron chi connectivity index (χ0n) is 14.3. The van der Waals surface area contributed by atoms with Gasteiger partial charge in [0.25, 0.3) is 5.41 Å². The normalized spacial score (nSPS) is 24.6. The van der Waals surface area contributed by atoms with Crippen LogP contribution in [0.25, 0.3) is 5.76 Å². The second-order valence-corrected chi connectivity index (χ2v) is 6.72. The number of allylic oxidation sites excluding steroid dienone is 1. The van der Waals surface area contributed by atoms with Crippen LogP contribution < -0.4 is 5.11 Å². The van der Waals surface area contributed by atoms with E-state index in [9.17, 15) is 71.8 Å². The number of benzene rings is 1. The van der Waals surface area contributed by atoms with E-state index < -0.39 is 80.9 Å². The molecular formula is C16H2F13O3-. The van der Waals surface area contributed by atoms with Gasteiger partial charge in [-0.1, -0.05) is 5.76 Å². The predicted molar refractivity (Wildman–Crippen MR) is 70.9 cm³/mol. The Hall–Kier alpha value is -2.81. The van der Waals surface area contributed by atoms with Crippen molar-refractivity contribution >= 4 is 17.3 Å². The van der Waals surface area contributed by atoms with Gasteiger partial charge in [0.2, 0.25) is 0 Å². The highest BCUT2D eigenvalue weighted by atomic mass is 19.4. The van der Waals surface area contributed by atoms with Crippen molar-refractivity contribution in [1.29, 1.82) is 0 Å². The van der Waals surface area contributed by atoms with Crippen LogP contribution in [0.5, 0.6) is 0 Å². The number of alkyl halides is 11. The van der Waals surface area contributed by atoms with E-state index in [2.05, 4.69) is 0 Å². The molecule has 32 heavy (non-hydrogen) atoms. The van der Waals surface area contributed by atoms with Gasteiger partial charge in [-0.25, -0.2) is 8.78 Å². The van der Waals surface area contributed by atoms with E-state index in [1.165, 1.54) is 0 Å². The van der Waals surface area contributed by atoms with Gasteiger partial charge in [-0.3, -0.25) is 9.59 Å². The Balaban J connectivity index is 2.42. The van der Waals surface area contributed by atoms with Crippen molar-refractivity contribution in [2.45, 2.75) is 29.9 Å². The van der Waals surface area contributed by atoms with E-state index in [1.807, 2.05) is 0 Å². The zero-order chi connectivity index (χ0) is 25.0. The highest BCUT2D eigenvalue weighted by Crippen LogP contribution is 2.76. The minimum Gasteiger partial charge on any atom is -0.871 e. The molecule has 0 N–H and O–H groups in total. The van der Waals surface area contributed by atoms with Crippen LogP contribution in [0, 0.1) is 17.0 Å². The summed E-state index contributed by atoms with van der Waals surface area (Å²) in [4.78, 5) is 24.4. The van der Waals surface area contributed by atoms with Crippen molar-refractivity contribution in [2.24, 2.45) is 5.41 Å². The molecule has 1 saturated carbocycles. The van der Waals surface area contributed by atoms with E-state index >= 15 is 0 Å². The first kappa shape index (κ1) is 23.8. The fourth-order valence-corrected chi connectivity index (χ4v) is 3.52. The van der Waals surface area contributed by atoms with Gasteiger partial charge in [0.1, 0.15) is 0 Å². The fourth-order valence-electron chi connectivity index (χ4n) is 3.52. The largest absolute Gasteiger partial charge is 0.871 e. The lowest BCUT2D eigenvalue weighted by Gasteiger charge is -2.38. The summed E-state index contributed by atoms with van der Waals surface area (Å²) in [5, 5.41) is 12.1. The van der Waals surface area contributed by atoms with Crippen LogP contribution >= 0.6 is 0 Å². The van der Waals surface area contributed by atoms with Gasteiger partial charge >= 0.3 is 29.9 Å². The molecular weight excluding hydrogens is 487 g/mol. The first-order chi connectivity index (χ1) is 14.1. The molecule has 0 unspecified atom stereocenters. The van der Waals surface area contributed by atoms with Gasteiger partial charge in [0.05, 0.1) is 5.57 Å². The van der Waals surface area contributed by atoms with Crippen molar-refractivity contribution in [1.82, 2.24) is 0 Å². The third kappa shape index (κ3) is 2.15. The molecule has 176 valence electrons. The van der Waals surface area contributed by atoms with Crippen LogP contribution in [0.2, 0.25) is 0 Å². The van der Waals surface area contributed by atoms with Crippen molar-refractivity contribution in [3.63, 3.8) is 0 Å². The number of carbonyl (C=O) groups excluding carboxylic acids is 2. The lowest BCUT2D eigenvalue weighted by atomic mass is 9.72. The number of Topliss-reactive ketones (excluding diaryl/α,β-unsaturated/α-hetero) is 2. The summed E-state index contributed by atoms with van der Waals surface area (Å²) in [5.74, 6) is -43.2. The molecule has 16 heteroatoms. The van der Waals surface area contributed by atoms with Gasteiger partial charge in [0.15, 0.2) is 23.2 Å². The SMILES string of the molecule is O=C1C(C(=O)C2(C(F)(F)F)C(F)(F)C(F)(F)C(F)(F)C2(F)F)=C([O-])c2cc(F)c(F)cc21. The number of hydrogen-bond acceptors (Lipinski definition) is 3. The smallest absolute Gasteiger partial charge is 0.414 e. The number of ketones is 2. The van der Waals surface area contributed by atoms with Crippen LogP contribution in [0.1, 0.15) is 15.9 Å². The Bertz CT molecular complexity index is 1070. The van der Waals surface area contributed by atoms with E-state index in [0.29, 0.717) is 0 Å². The van der Waals surface area contributed by atoms with Crippen molar-refractivity contribution < 1.29 is 71.8 Å². The summed E-state index contributed by atoms with van der Waals surface area (Å²) in [6, 6.07) is -0.445. The van der Waals surface area contributed by atoms with Crippen molar-refractivity contribution in [2.75, 3.05) is 0 Å². The molecule has 3 rings (SSSR count). The number of fused-ring (bicyclic) bond motifs is 1. The monoisotopic (exact) mass is 489 g/mol. The summed E-state index contributed by atoms with van der Waals surface area (Å²) >= 11 is 0. The Morgan fingerprint density at radius 2 is 1.12 bits per heavy atom. The number of rotatable bonds is 2. The van der Waals surface area contributed by atoms with E-state index in [-0.39, 0.29) is 12.1 Å². The van der Waals surface area contributed by atoms with E-state index in [1.54, 1.807) is 0 Å². The van der Waals surface area contributed by atoms with Crippen molar-refractivity contribution in [3.8, 4) is 0 Å². The van der Waals surface area contributed by atoms with Gasteiger partial charge < -0.3 is 5.11 Å². The molecule has 0 aliphatic heterocycles. The van der Waals surface area contributed by atoms with Gasteiger partial charge in [-0.15, -0.1) is 0 Å². The summed E-state index contributed by atoms with van der Waals surface area (Å²) < 4.78 is 178. The van der Waals surface area contributed by atoms with Crippen molar-refractivity contribution in [3.05, 3.63) is 40.5 Å². The standard InChI is InChI=1S/C16H3F13O3/c17-5-1-3-4(2-6(5)18)9(31)7(8(3)30)10(32)11(16(27,28)29)12(19,20)14(23,24)15(25,26)13(11,21)22/h1-2,30H/p-1. The number of hydrogen-bond donors (Lipinski definition) is 0. The predicted octanol–water partition coefficient (Wildman–Crippen LogP) is 3.91. The molecule has 0 saturated heterocycles. The molecule has 1 aromatic carbocycles. The van der Waals surface area contributed by atoms with Crippen LogP contribution in [0.15, 0.2) is 17.7 Å². The maximum Gasteiger partial charge on any atom is 0.414 e. The molecule has 0 bridgehead atoms. The molecule has 0 radical (unpaired) electrons. The minimum absolute atomic E-state index is 0.223. The minimum atomic E-state index is -7.60. The lowest BCUT2D eigenvalue weighted by Crippen LogP contribution is -2.65. The first-order valence-corrected chi connectivity index (χ1v) is 7.72. The summed E-state index contributed by atoms with van der Waals surface area (Å²) in [5.41, 5.74) is -13.1. The van der Waals surface area contributed by atoms with Crippen LogP contribution in [0.3, 0.4) is 0 Å². The van der Waals surface area contributed by atoms with Gasteiger partial charge in [-0.2, -0.15) is 48.3 Å². The molecule has 2 aliphatic rings. The molecule has 1 aromatic rings. The first-order valence-electron chi connectivity index (χ1n) is 7.72. The lowest BCUT2D eigenvalue weighted by molar-refractivity contribution is -0.341. The Morgan fingerprint density at radius 1 is 0.750 bits per heavy atom. The third-order valence-electron chi connectivity index (χ3n) is 5.12. The summed E-state index contributed by atoms with van der Waals surface area (Å²) in [7, 11) is 0. The summed E-state index contributed by atoms with van der Waals surface area (Å²) in [6.45, 7) is 0. The molecule has 0 spiro atoms. The molecule has 0 heterocycles. The molecule has 2 aliphatic carbocycles. The van der Waals surface area contributed by atoms with Gasteiger partial charge in [0, 0.05) is 5.56 Å². The molecule has 3 nitrogen and oxygen atoms in total. The highest BCUT2D eigenvalue weighted by Gasteiger charge is 3.06. The average Bonchev–Trinajstić information content (AvgIpc) is 2.86. The van der Waals surface area contributed by atoms with E-state index in [4.69, 9.17) is 0 Å². The van der Waals surface area contributed by atoms with Crippen LogP contribution in [-0.4, -0.2) is 41.4 Å². The summed E-state index contributed by atoms with van der Waals surface area (Å²) in [6.07, 6.45) is -7.60. The maximum atomic E-state index is 14.1. The van der Waals surface area contributed by atoms with E-state index in [0.717, 1.165) is 0 Å². The number of carbonyl (C=O) groups is 2. The van der Waals surface area contributed by atoms with Crippen LogP contribution in [-0.2, 0) is 4.79 Å².